The smallest absolute Gasteiger partial charge is 0.124 e. The molecule has 0 amide bonds. The Morgan fingerprint density at radius 2 is 2.13 bits per heavy atom. The highest BCUT2D eigenvalue weighted by Gasteiger charge is 2.16. The summed E-state index contributed by atoms with van der Waals surface area (Å²) in [6.07, 6.45) is 2.55. The van der Waals surface area contributed by atoms with Gasteiger partial charge in [-0.3, -0.25) is 0 Å². The molecule has 4 heteroatoms. The standard InChI is InChI=1S/C19H25N3O/c1-13(2)17-11-14(23-15-5-4-10-21-12-15)8-9-16(17)18-6-3-7-19(20)22-18/h3,6-9,11,13,15,21H,4-5,10,12H2,1-2H3,(H2,20,22). The van der Waals surface area contributed by atoms with Crippen LogP contribution in [0, 0.1) is 0 Å². The molecule has 1 unspecified atom stereocenters. The molecule has 4 nitrogen and oxygen atoms in total. The monoisotopic (exact) mass is 311 g/mol. The molecule has 0 bridgehead atoms. The van der Waals surface area contributed by atoms with Gasteiger partial charge in [-0.25, -0.2) is 4.98 Å². The lowest BCUT2D eigenvalue weighted by Gasteiger charge is -2.25. The summed E-state index contributed by atoms with van der Waals surface area (Å²) < 4.78 is 6.15. The molecule has 3 rings (SSSR count). The number of nitrogen functional groups attached to an aromatic ring is 1. The number of hydrogen-bond acceptors (Lipinski definition) is 4. The highest BCUT2D eigenvalue weighted by molar-refractivity contribution is 5.67. The van der Waals surface area contributed by atoms with E-state index in [0.717, 1.165) is 36.5 Å². The normalized spacial score (nSPS) is 18.1. The summed E-state index contributed by atoms with van der Waals surface area (Å²) in [6, 6.07) is 12.1. The summed E-state index contributed by atoms with van der Waals surface area (Å²) in [4.78, 5) is 4.46. The van der Waals surface area contributed by atoms with E-state index >= 15 is 0 Å². The van der Waals surface area contributed by atoms with Gasteiger partial charge in [-0.15, -0.1) is 0 Å². The third kappa shape index (κ3) is 3.82. The van der Waals surface area contributed by atoms with E-state index in [4.69, 9.17) is 10.5 Å². The van der Waals surface area contributed by atoms with Gasteiger partial charge >= 0.3 is 0 Å². The minimum atomic E-state index is 0.264. The van der Waals surface area contributed by atoms with Crippen molar-refractivity contribution in [2.24, 2.45) is 0 Å². The Morgan fingerprint density at radius 1 is 1.26 bits per heavy atom. The van der Waals surface area contributed by atoms with Crippen LogP contribution in [-0.4, -0.2) is 24.2 Å². The van der Waals surface area contributed by atoms with Gasteiger partial charge in [-0.1, -0.05) is 19.9 Å². The number of anilines is 1. The largest absolute Gasteiger partial charge is 0.489 e. The van der Waals surface area contributed by atoms with Crippen molar-refractivity contribution in [1.82, 2.24) is 10.3 Å². The Hall–Kier alpha value is -2.07. The van der Waals surface area contributed by atoms with Crippen molar-refractivity contribution < 1.29 is 4.74 Å². The van der Waals surface area contributed by atoms with Crippen molar-refractivity contribution in [2.75, 3.05) is 18.8 Å². The predicted molar refractivity (Wildman–Crippen MR) is 94.7 cm³/mol. The Bertz CT molecular complexity index is 663. The molecule has 0 saturated carbocycles. The van der Waals surface area contributed by atoms with E-state index in [1.165, 1.54) is 12.0 Å². The number of benzene rings is 1. The van der Waals surface area contributed by atoms with Crippen molar-refractivity contribution in [3.63, 3.8) is 0 Å². The van der Waals surface area contributed by atoms with Gasteiger partial charge in [0.25, 0.3) is 0 Å². The quantitative estimate of drug-likeness (QED) is 0.906. The Morgan fingerprint density at radius 3 is 2.83 bits per heavy atom. The number of ether oxygens (including phenoxy) is 1. The van der Waals surface area contributed by atoms with Crippen LogP contribution in [0.15, 0.2) is 36.4 Å². The number of pyridine rings is 1. The molecule has 0 radical (unpaired) electrons. The topological polar surface area (TPSA) is 60.2 Å². The number of piperidine rings is 1. The molecule has 1 aliphatic rings. The van der Waals surface area contributed by atoms with E-state index in [2.05, 4.69) is 36.3 Å². The summed E-state index contributed by atoms with van der Waals surface area (Å²) in [5.41, 5.74) is 9.12. The fourth-order valence-electron chi connectivity index (χ4n) is 3.04. The Kier molecular flexibility index (Phi) is 4.82. The molecular formula is C19H25N3O. The van der Waals surface area contributed by atoms with E-state index in [9.17, 15) is 0 Å². The van der Waals surface area contributed by atoms with Crippen LogP contribution in [0.2, 0.25) is 0 Å². The lowest BCUT2D eigenvalue weighted by atomic mass is 9.94. The second-order valence-corrected chi connectivity index (χ2v) is 6.44. The molecule has 1 aromatic heterocycles. The van der Waals surface area contributed by atoms with Gasteiger partial charge in [0.2, 0.25) is 0 Å². The molecule has 3 N–H and O–H groups in total. The summed E-state index contributed by atoms with van der Waals surface area (Å²) in [6.45, 7) is 6.40. The van der Waals surface area contributed by atoms with Crippen molar-refractivity contribution in [2.45, 2.75) is 38.7 Å². The zero-order chi connectivity index (χ0) is 16.2. The van der Waals surface area contributed by atoms with Crippen LogP contribution in [0.3, 0.4) is 0 Å². The number of aromatic nitrogens is 1. The van der Waals surface area contributed by atoms with E-state index in [1.54, 1.807) is 0 Å². The first kappa shape index (κ1) is 15.8. The van der Waals surface area contributed by atoms with Gasteiger partial charge in [0, 0.05) is 12.1 Å². The molecule has 2 aromatic rings. The first-order valence-corrected chi connectivity index (χ1v) is 8.37. The Labute approximate surface area is 138 Å². The van der Waals surface area contributed by atoms with E-state index in [0.29, 0.717) is 11.7 Å². The number of nitrogens with one attached hydrogen (secondary N) is 1. The molecular weight excluding hydrogens is 286 g/mol. The van der Waals surface area contributed by atoms with Crippen molar-refractivity contribution in [3.8, 4) is 17.0 Å². The number of rotatable bonds is 4. The lowest BCUT2D eigenvalue weighted by Crippen LogP contribution is -2.37. The molecule has 1 fully saturated rings. The minimum Gasteiger partial charge on any atom is -0.489 e. The maximum absolute atomic E-state index is 6.15. The highest BCUT2D eigenvalue weighted by Crippen LogP contribution is 2.32. The molecule has 122 valence electrons. The molecule has 1 aromatic carbocycles. The lowest BCUT2D eigenvalue weighted by molar-refractivity contribution is 0.167. The van der Waals surface area contributed by atoms with Crippen LogP contribution in [0.25, 0.3) is 11.3 Å². The number of nitrogens with zero attached hydrogens (tertiary/aromatic N) is 1. The van der Waals surface area contributed by atoms with Gasteiger partial charge in [-0.2, -0.15) is 0 Å². The zero-order valence-corrected chi connectivity index (χ0v) is 13.9. The average Bonchev–Trinajstić information content (AvgIpc) is 2.55. The molecule has 1 atom stereocenters. The average molecular weight is 311 g/mol. The van der Waals surface area contributed by atoms with Crippen LogP contribution < -0.4 is 15.8 Å². The van der Waals surface area contributed by atoms with E-state index in [-0.39, 0.29) is 6.10 Å². The summed E-state index contributed by atoms with van der Waals surface area (Å²) in [7, 11) is 0. The van der Waals surface area contributed by atoms with Crippen molar-refractivity contribution in [1.29, 1.82) is 0 Å². The molecule has 23 heavy (non-hydrogen) atoms. The van der Waals surface area contributed by atoms with Gasteiger partial charge in [0.1, 0.15) is 17.7 Å². The summed E-state index contributed by atoms with van der Waals surface area (Å²) >= 11 is 0. The minimum absolute atomic E-state index is 0.264. The van der Waals surface area contributed by atoms with Crippen molar-refractivity contribution in [3.05, 3.63) is 42.0 Å². The van der Waals surface area contributed by atoms with Gasteiger partial charge in [0.05, 0.1) is 5.69 Å². The first-order valence-electron chi connectivity index (χ1n) is 8.37. The third-order valence-electron chi connectivity index (χ3n) is 4.25. The molecule has 0 spiro atoms. The maximum atomic E-state index is 6.15. The third-order valence-corrected chi connectivity index (χ3v) is 4.25. The fourth-order valence-corrected chi connectivity index (χ4v) is 3.04. The van der Waals surface area contributed by atoms with E-state index in [1.807, 2.05) is 24.3 Å². The summed E-state index contributed by atoms with van der Waals surface area (Å²) in [5, 5.41) is 3.39. The van der Waals surface area contributed by atoms with Crippen molar-refractivity contribution >= 4 is 5.82 Å². The van der Waals surface area contributed by atoms with Crippen LogP contribution in [0.4, 0.5) is 5.82 Å². The van der Waals surface area contributed by atoms with Gasteiger partial charge in [-0.05, 0) is 61.2 Å². The SMILES string of the molecule is CC(C)c1cc(OC2CCCNC2)ccc1-c1cccc(N)n1. The molecule has 1 aliphatic heterocycles. The molecule has 0 aliphatic carbocycles. The number of hydrogen-bond donors (Lipinski definition) is 2. The number of nitrogens with two attached hydrogens (primary N) is 1. The summed E-state index contributed by atoms with van der Waals surface area (Å²) in [5.74, 6) is 1.88. The molecule has 1 saturated heterocycles. The first-order chi connectivity index (χ1) is 11.1. The van der Waals surface area contributed by atoms with Crippen LogP contribution in [0.5, 0.6) is 5.75 Å². The Balaban J connectivity index is 1.89. The van der Waals surface area contributed by atoms with Crippen LogP contribution in [-0.2, 0) is 0 Å². The van der Waals surface area contributed by atoms with Gasteiger partial charge < -0.3 is 15.8 Å². The predicted octanol–water partition coefficient (Wildman–Crippen LogP) is 3.59. The fraction of sp³-hybridized carbons (Fsp3) is 0.421. The van der Waals surface area contributed by atoms with E-state index < -0.39 is 0 Å². The maximum Gasteiger partial charge on any atom is 0.124 e. The zero-order valence-electron chi connectivity index (χ0n) is 13.9. The van der Waals surface area contributed by atoms with Crippen LogP contribution >= 0.6 is 0 Å². The van der Waals surface area contributed by atoms with Gasteiger partial charge in [0.15, 0.2) is 0 Å². The second kappa shape index (κ2) is 7.01. The molecule has 2 heterocycles. The van der Waals surface area contributed by atoms with Crippen LogP contribution in [0.1, 0.15) is 38.2 Å². The highest BCUT2D eigenvalue weighted by atomic mass is 16.5. The second-order valence-electron chi connectivity index (χ2n) is 6.44.